The van der Waals surface area contributed by atoms with Crippen LogP contribution in [0.5, 0.6) is 0 Å². The van der Waals surface area contributed by atoms with Crippen LogP contribution >= 0.6 is 0 Å². The van der Waals surface area contributed by atoms with Gasteiger partial charge in [0, 0.05) is 12.5 Å². The predicted octanol–water partition coefficient (Wildman–Crippen LogP) is 7.47. The number of carbonyl (C=O) groups excluding carboxylic acids is 1. The Morgan fingerprint density at radius 2 is 2.03 bits per heavy atom. The van der Waals surface area contributed by atoms with Crippen molar-refractivity contribution in [3.63, 3.8) is 0 Å². The van der Waals surface area contributed by atoms with Crippen molar-refractivity contribution in [2.24, 2.45) is 23.2 Å². The van der Waals surface area contributed by atoms with Gasteiger partial charge < -0.3 is 9.84 Å². The van der Waals surface area contributed by atoms with Gasteiger partial charge in [0.05, 0.1) is 5.60 Å². The molecule has 0 spiro atoms. The number of rotatable bonds is 8. The third-order valence-electron chi connectivity index (χ3n) is 8.79. The molecule has 3 fully saturated rings. The third-order valence-corrected chi connectivity index (χ3v) is 8.79. The summed E-state index contributed by atoms with van der Waals surface area (Å²) in [4.78, 5) is 11.6. The highest BCUT2D eigenvalue weighted by Gasteiger charge is 2.50. The average molecular weight is 455 g/mol. The second kappa shape index (κ2) is 10.8. The monoisotopic (exact) mass is 454 g/mol. The molecule has 0 heterocycles. The minimum atomic E-state index is -0.553. The van der Waals surface area contributed by atoms with Gasteiger partial charge in [-0.25, -0.2) is 4.79 Å². The summed E-state index contributed by atoms with van der Waals surface area (Å²) in [6.45, 7) is 16.6. The van der Waals surface area contributed by atoms with Crippen molar-refractivity contribution in [2.45, 2.75) is 110 Å². The zero-order valence-electron chi connectivity index (χ0n) is 21.5. The normalized spacial score (nSPS) is 33.7. The molecule has 3 heteroatoms. The van der Waals surface area contributed by atoms with E-state index in [1.54, 1.807) is 5.57 Å². The van der Waals surface area contributed by atoms with E-state index in [4.69, 9.17) is 4.74 Å². The molecule has 0 aromatic rings. The summed E-state index contributed by atoms with van der Waals surface area (Å²) in [6, 6.07) is 0. The molecular formula is C30H46O3. The molecule has 3 aliphatic carbocycles. The van der Waals surface area contributed by atoms with Crippen molar-refractivity contribution in [1.29, 1.82) is 0 Å². The van der Waals surface area contributed by atoms with Crippen LogP contribution in [-0.4, -0.2) is 22.8 Å². The van der Waals surface area contributed by atoms with E-state index < -0.39 is 5.60 Å². The van der Waals surface area contributed by atoms with Crippen LogP contribution < -0.4 is 0 Å². The van der Waals surface area contributed by atoms with Gasteiger partial charge in [-0.3, -0.25) is 0 Å². The molecule has 0 saturated heterocycles. The van der Waals surface area contributed by atoms with Crippen LogP contribution in [0.3, 0.4) is 0 Å². The number of aliphatic hydroxyl groups is 1. The Balaban J connectivity index is 1.68. The fraction of sp³-hybridized carbons (Fsp3) is 0.700. The maximum atomic E-state index is 11.6. The molecule has 33 heavy (non-hydrogen) atoms. The summed E-state index contributed by atoms with van der Waals surface area (Å²) >= 11 is 0. The molecule has 0 amide bonds. The number of esters is 1. The Kier molecular flexibility index (Phi) is 8.48. The summed E-state index contributed by atoms with van der Waals surface area (Å²) in [5.74, 6) is 1.82. The molecule has 3 rings (SSSR count). The smallest absolute Gasteiger partial charge is 0.330 e. The first-order valence-corrected chi connectivity index (χ1v) is 13.2. The molecular weight excluding hydrogens is 408 g/mol. The van der Waals surface area contributed by atoms with Crippen LogP contribution in [0, 0.1) is 23.2 Å². The van der Waals surface area contributed by atoms with Crippen molar-refractivity contribution in [3.8, 4) is 0 Å². The summed E-state index contributed by atoms with van der Waals surface area (Å²) in [5.41, 5.74) is 3.86. The largest absolute Gasteiger partial charge is 0.459 e. The second-order valence-corrected chi connectivity index (χ2v) is 11.8. The lowest BCUT2D eigenvalue weighted by molar-refractivity contribution is -0.143. The van der Waals surface area contributed by atoms with Gasteiger partial charge in [-0.05, 0) is 94.0 Å². The van der Waals surface area contributed by atoms with Gasteiger partial charge in [0.2, 0.25) is 0 Å². The fourth-order valence-electron chi connectivity index (χ4n) is 6.97. The van der Waals surface area contributed by atoms with E-state index in [2.05, 4.69) is 39.2 Å². The van der Waals surface area contributed by atoms with Gasteiger partial charge in [0.1, 0.15) is 6.10 Å². The van der Waals surface area contributed by atoms with Gasteiger partial charge in [0.25, 0.3) is 0 Å². The van der Waals surface area contributed by atoms with Crippen molar-refractivity contribution < 1.29 is 14.6 Å². The lowest BCUT2D eigenvalue weighted by atomic mass is 9.60. The lowest BCUT2D eigenvalue weighted by Crippen LogP contribution is -2.36. The molecule has 0 aromatic carbocycles. The lowest BCUT2D eigenvalue weighted by Gasteiger charge is -2.44. The Hall–Kier alpha value is -1.61. The number of ether oxygens (including phenoxy) is 1. The van der Waals surface area contributed by atoms with Crippen LogP contribution in [-0.2, 0) is 9.53 Å². The van der Waals surface area contributed by atoms with E-state index in [0.29, 0.717) is 17.3 Å². The van der Waals surface area contributed by atoms with E-state index in [1.807, 2.05) is 13.8 Å². The zero-order chi connectivity index (χ0) is 24.2. The molecule has 3 aliphatic rings. The van der Waals surface area contributed by atoms with Gasteiger partial charge in [-0.2, -0.15) is 0 Å². The van der Waals surface area contributed by atoms with E-state index in [0.717, 1.165) is 38.0 Å². The molecule has 0 aromatic heterocycles. The van der Waals surface area contributed by atoms with Crippen LogP contribution in [0.25, 0.3) is 0 Å². The molecule has 184 valence electrons. The van der Waals surface area contributed by atoms with Crippen molar-refractivity contribution in [3.05, 3.63) is 48.1 Å². The van der Waals surface area contributed by atoms with Gasteiger partial charge in [0.15, 0.2) is 0 Å². The summed E-state index contributed by atoms with van der Waals surface area (Å²) in [5, 5.41) is 10.1. The van der Waals surface area contributed by atoms with Gasteiger partial charge >= 0.3 is 5.97 Å². The van der Waals surface area contributed by atoms with Crippen LogP contribution in [0.1, 0.15) is 98.3 Å². The standard InChI is InChI=1S/C30H46O3/c1-7-28(31)33-25-15-12-21(2)24(20-25)14-13-23-11-9-19-30(6)26(16-17-27(23)30)22(3)10-8-18-29(4,5)32/h7,13-14,22,25-27,32H,1-2,8-12,15-20H2,3-6H3/b23-13+,24-14-/t22-,25+,26-,27+,30-/m1/s1. The molecule has 0 unspecified atom stereocenters. The number of fused-ring (bicyclic) bond motifs is 1. The Labute approximate surface area is 202 Å². The number of carbonyl (C=O) groups is 1. The average Bonchev–Trinajstić information content (AvgIpc) is 3.10. The van der Waals surface area contributed by atoms with Gasteiger partial charge in [-0.1, -0.05) is 63.1 Å². The quantitative estimate of drug-likeness (QED) is 0.306. The van der Waals surface area contributed by atoms with E-state index in [1.165, 1.54) is 55.7 Å². The molecule has 3 saturated carbocycles. The molecule has 1 N–H and O–H groups in total. The van der Waals surface area contributed by atoms with Crippen molar-refractivity contribution >= 4 is 5.97 Å². The Bertz CT molecular complexity index is 796. The van der Waals surface area contributed by atoms with Crippen LogP contribution in [0.2, 0.25) is 0 Å². The first kappa shape index (κ1) is 26.0. The highest BCUT2D eigenvalue weighted by Crippen LogP contribution is 2.60. The maximum absolute atomic E-state index is 11.6. The van der Waals surface area contributed by atoms with Crippen LogP contribution in [0.4, 0.5) is 0 Å². The number of allylic oxidation sites excluding steroid dienone is 4. The Morgan fingerprint density at radius 3 is 2.73 bits per heavy atom. The first-order valence-electron chi connectivity index (χ1n) is 13.2. The van der Waals surface area contributed by atoms with E-state index in [-0.39, 0.29) is 12.1 Å². The van der Waals surface area contributed by atoms with E-state index in [9.17, 15) is 9.90 Å². The van der Waals surface area contributed by atoms with Gasteiger partial charge in [-0.15, -0.1) is 0 Å². The van der Waals surface area contributed by atoms with Crippen LogP contribution in [0.15, 0.2) is 48.1 Å². The minimum absolute atomic E-state index is 0.0668. The highest BCUT2D eigenvalue weighted by atomic mass is 16.5. The highest BCUT2D eigenvalue weighted by molar-refractivity contribution is 5.81. The maximum Gasteiger partial charge on any atom is 0.330 e. The SMILES string of the molecule is C=CC(=O)O[C@H]1CCC(=C)/C(=C\C=C2/CCC[C@]3(C)[C@@H]([C@H](C)CCCC(C)(C)O)CC[C@@H]23)C1. The predicted molar refractivity (Wildman–Crippen MR) is 137 cm³/mol. The third kappa shape index (κ3) is 6.50. The molecule has 0 aliphatic heterocycles. The molecule has 5 atom stereocenters. The Morgan fingerprint density at radius 1 is 1.27 bits per heavy atom. The first-order chi connectivity index (χ1) is 15.5. The number of hydrogen-bond acceptors (Lipinski definition) is 3. The zero-order valence-corrected chi connectivity index (χ0v) is 21.5. The molecule has 0 radical (unpaired) electrons. The second-order valence-electron chi connectivity index (χ2n) is 11.8. The minimum Gasteiger partial charge on any atom is -0.459 e. The topological polar surface area (TPSA) is 46.5 Å². The fourth-order valence-corrected chi connectivity index (χ4v) is 6.97. The molecule has 0 bridgehead atoms. The number of hydrogen-bond donors (Lipinski definition) is 1. The van der Waals surface area contributed by atoms with E-state index >= 15 is 0 Å². The summed E-state index contributed by atoms with van der Waals surface area (Å²) in [6.07, 6.45) is 18.0. The van der Waals surface area contributed by atoms with Crippen molar-refractivity contribution in [1.82, 2.24) is 0 Å². The van der Waals surface area contributed by atoms with Crippen molar-refractivity contribution in [2.75, 3.05) is 0 Å². The summed E-state index contributed by atoms with van der Waals surface area (Å²) in [7, 11) is 0. The molecule has 3 nitrogen and oxygen atoms in total. The summed E-state index contributed by atoms with van der Waals surface area (Å²) < 4.78 is 5.51.